The number of nitrogens with zero attached hydrogens (tertiary/aromatic N) is 1. The second kappa shape index (κ2) is 4.97. The summed E-state index contributed by atoms with van der Waals surface area (Å²) >= 11 is 13.7. The third kappa shape index (κ3) is 2.68. The molecule has 0 spiro atoms. The van der Waals surface area contributed by atoms with E-state index >= 15 is 0 Å². The Morgan fingerprint density at radius 3 is 2.71 bits per heavy atom. The minimum Gasteiger partial charge on any atom is -0.326 e. The van der Waals surface area contributed by atoms with Crippen molar-refractivity contribution in [1.82, 2.24) is 4.98 Å². The van der Waals surface area contributed by atoms with Crippen LogP contribution in [0.4, 0.5) is 5.69 Å². The average molecular weight is 341 g/mol. The lowest BCUT2D eigenvalue weighted by molar-refractivity contribution is -0.120. The van der Waals surface area contributed by atoms with Gasteiger partial charge in [0, 0.05) is 16.6 Å². The Bertz CT molecular complexity index is 713. The molecule has 3 rings (SSSR count). The lowest BCUT2D eigenvalue weighted by atomic mass is 10.1. The van der Waals surface area contributed by atoms with Crippen molar-refractivity contribution in [2.24, 2.45) is 5.41 Å². The van der Waals surface area contributed by atoms with E-state index in [0.29, 0.717) is 6.42 Å². The predicted molar refractivity (Wildman–Crippen MR) is 88.1 cm³/mol. The van der Waals surface area contributed by atoms with Crippen LogP contribution in [0.5, 0.6) is 0 Å². The van der Waals surface area contributed by atoms with Gasteiger partial charge < -0.3 is 5.32 Å². The number of nitrogens with one attached hydrogen (secondary N) is 1. The van der Waals surface area contributed by atoms with Gasteiger partial charge in [-0.3, -0.25) is 4.79 Å². The van der Waals surface area contributed by atoms with Gasteiger partial charge in [-0.2, -0.15) is 0 Å². The van der Waals surface area contributed by atoms with Crippen LogP contribution >= 0.6 is 34.5 Å². The highest BCUT2D eigenvalue weighted by molar-refractivity contribution is 7.09. The topological polar surface area (TPSA) is 42.0 Å². The fourth-order valence-electron chi connectivity index (χ4n) is 2.17. The SMILES string of the molecule is Cc1nc(-c2cccc(NC(=O)C3(C)CC3(Cl)Cl)c2)cs1. The van der Waals surface area contributed by atoms with Gasteiger partial charge in [-0.25, -0.2) is 4.98 Å². The Balaban J connectivity index is 1.80. The molecule has 1 fully saturated rings. The summed E-state index contributed by atoms with van der Waals surface area (Å²) in [5, 5.41) is 5.90. The van der Waals surface area contributed by atoms with Crippen LogP contribution in [0, 0.1) is 12.3 Å². The number of alkyl halides is 2. The summed E-state index contributed by atoms with van der Waals surface area (Å²) in [5.41, 5.74) is 1.89. The van der Waals surface area contributed by atoms with E-state index in [9.17, 15) is 4.79 Å². The van der Waals surface area contributed by atoms with Crippen LogP contribution in [-0.4, -0.2) is 15.2 Å². The van der Waals surface area contributed by atoms with Crippen molar-refractivity contribution >= 4 is 46.1 Å². The third-order valence-corrected chi connectivity index (χ3v) is 5.67. The maximum Gasteiger partial charge on any atom is 0.233 e. The van der Waals surface area contributed by atoms with Gasteiger partial charge in [0.15, 0.2) is 0 Å². The summed E-state index contributed by atoms with van der Waals surface area (Å²) in [7, 11) is 0. The molecule has 1 aliphatic carbocycles. The van der Waals surface area contributed by atoms with Crippen LogP contribution in [0.1, 0.15) is 18.4 Å². The molecule has 0 aliphatic heterocycles. The number of carbonyl (C=O) groups is 1. The number of carbonyl (C=O) groups excluding carboxylic acids is 1. The Hall–Kier alpha value is -1.10. The Kier molecular flexibility index (Phi) is 3.51. The number of hydrogen-bond donors (Lipinski definition) is 1. The first-order valence-corrected chi connectivity index (χ1v) is 8.17. The number of aryl methyl sites for hydroxylation is 1. The Morgan fingerprint density at radius 2 is 2.14 bits per heavy atom. The first-order chi connectivity index (χ1) is 9.82. The van der Waals surface area contributed by atoms with Crippen LogP contribution in [0.25, 0.3) is 11.3 Å². The van der Waals surface area contributed by atoms with Crippen molar-refractivity contribution in [2.75, 3.05) is 5.32 Å². The summed E-state index contributed by atoms with van der Waals surface area (Å²) in [6.45, 7) is 3.74. The quantitative estimate of drug-likeness (QED) is 0.827. The van der Waals surface area contributed by atoms with Crippen molar-refractivity contribution in [2.45, 2.75) is 24.6 Å². The number of amides is 1. The highest BCUT2D eigenvalue weighted by atomic mass is 35.5. The molecule has 0 saturated heterocycles. The van der Waals surface area contributed by atoms with E-state index in [4.69, 9.17) is 23.2 Å². The molecule has 1 aromatic heterocycles. The minimum absolute atomic E-state index is 0.154. The van der Waals surface area contributed by atoms with Crippen LogP contribution < -0.4 is 5.32 Å². The zero-order valence-corrected chi connectivity index (χ0v) is 13.9. The van der Waals surface area contributed by atoms with Gasteiger partial charge in [-0.15, -0.1) is 34.5 Å². The predicted octanol–water partition coefficient (Wildman–Crippen LogP) is 4.64. The maximum atomic E-state index is 12.3. The van der Waals surface area contributed by atoms with Crippen LogP contribution in [0.3, 0.4) is 0 Å². The monoisotopic (exact) mass is 340 g/mol. The van der Waals surface area contributed by atoms with E-state index in [1.54, 1.807) is 18.3 Å². The van der Waals surface area contributed by atoms with Crippen molar-refractivity contribution in [3.8, 4) is 11.3 Å². The number of aromatic nitrogens is 1. The molecule has 110 valence electrons. The maximum absolute atomic E-state index is 12.3. The van der Waals surface area contributed by atoms with Gasteiger partial charge in [0.1, 0.15) is 4.33 Å². The van der Waals surface area contributed by atoms with E-state index in [2.05, 4.69) is 10.3 Å². The van der Waals surface area contributed by atoms with Crippen molar-refractivity contribution in [1.29, 1.82) is 0 Å². The molecule has 21 heavy (non-hydrogen) atoms. The molecule has 1 saturated carbocycles. The molecule has 1 amide bonds. The van der Waals surface area contributed by atoms with E-state index < -0.39 is 9.75 Å². The first-order valence-electron chi connectivity index (χ1n) is 6.54. The number of benzene rings is 1. The van der Waals surface area contributed by atoms with E-state index in [0.717, 1.165) is 22.0 Å². The molecule has 0 radical (unpaired) electrons. The molecular weight excluding hydrogens is 327 g/mol. The molecule has 1 atom stereocenters. The lowest BCUT2D eigenvalue weighted by Crippen LogP contribution is -2.25. The molecule has 0 bridgehead atoms. The fourth-order valence-corrected chi connectivity index (χ4v) is 3.50. The number of anilines is 1. The molecule has 1 heterocycles. The fraction of sp³-hybridized carbons (Fsp3) is 0.333. The highest BCUT2D eigenvalue weighted by Gasteiger charge is 2.67. The van der Waals surface area contributed by atoms with E-state index in [1.165, 1.54) is 0 Å². The van der Waals surface area contributed by atoms with Crippen molar-refractivity contribution in [3.05, 3.63) is 34.7 Å². The zero-order chi connectivity index (χ0) is 15.3. The smallest absolute Gasteiger partial charge is 0.233 e. The van der Waals surface area contributed by atoms with Gasteiger partial charge in [-0.1, -0.05) is 12.1 Å². The molecule has 6 heteroatoms. The van der Waals surface area contributed by atoms with Gasteiger partial charge in [0.2, 0.25) is 5.91 Å². The van der Waals surface area contributed by atoms with Gasteiger partial charge in [-0.05, 0) is 32.4 Å². The summed E-state index contributed by atoms with van der Waals surface area (Å²) < 4.78 is -0.958. The second-order valence-electron chi connectivity index (χ2n) is 5.50. The lowest BCUT2D eigenvalue weighted by Gasteiger charge is -2.13. The van der Waals surface area contributed by atoms with Crippen LogP contribution in [0.15, 0.2) is 29.6 Å². The zero-order valence-electron chi connectivity index (χ0n) is 11.6. The first kappa shape index (κ1) is 14.8. The highest BCUT2D eigenvalue weighted by Crippen LogP contribution is 2.64. The van der Waals surface area contributed by atoms with Crippen molar-refractivity contribution < 1.29 is 4.79 Å². The normalized spacial score (nSPS) is 22.9. The second-order valence-corrected chi connectivity index (χ2v) is 8.05. The number of thiazole rings is 1. The summed E-state index contributed by atoms with van der Waals surface area (Å²) in [5.74, 6) is -0.154. The van der Waals surface area contributed by atoms with E-state index in [1.807, 2.05) is 36.6 Å². The molecule has 1 N–H and O–H groups in total. The van der Waals surface area contributed by atoms with Gasteiger partial charge >= 0.3 is 0 Å². The van der Waals surface area contributed by atoms with Crippen LogP contribution in [-0.2, 0) is 4.79 Å². The molecule has 2 aromatic rings. The van der Waals surface area contributed by atoms with Crippen molar-refractivity contribution in [3.63, 3.8) is 0 Å². The molecule has 1 aliphatic rings. The molecule has 3 nitrogen and oxygen atoms in total. The minimum atomic E-state index is -0.958. The number of hydrogen-bond acceptors (Lipinski definition) is 3. The Morgan fingerprint density at radius 1 is 1.43 bits per heavy atom. The number of halogens is 2. The van der Waals surface area contributed by atoms with Gasteiger partial charge in [0.05, 0.1) is 16.1 Å². The molecule has 1 aromatic carbocycles. The largest absolute Gasteiger partial charge is 0.326 e. The summed E-state index contributed by atoms with van der Waals surface area (Å²) in [4.78, 5) is 16.7. The van der Waals surface area contributed by atoms with Gasteiger partial charge in [0.25, 0.3) is 0 Å². The van der Waals surface area contributed by atoms with E-state index in [-0.39, 0.29) is 5.91 Å². The molecule has 1 unspecified atom stereocenters. The average Bonchev–Trinajstić information content (AvgIpc) is 2.76. The third-order valence-electron chi connectivity index (χ3n) is 3.79. The summed E-state index contributed by atoms with van der Waals surface area (Å²) in [6, 6.07) is 7.61. The molecular formula is C15H14Cl2N2OS. The Labute approximate surface area is 137 Å². The summed E-state index contributed by atoms with van der Waals surface area (Å²) in [6.07, 6.45) is 0.472. The number of rotatable bonds is 3. The standard InChI is InChI=1S/C15H14Cl2N2OS/c1-9-18-12(7-21-9)10-4-3-5-11(6-10)19-13(20)14(2)8-15(14,16)17/h3-7H,8H2,1-2H3,(H,19,20). The van der Waals surface area contributed by atoms with Crippen LogP contribution in [0.2, 0.25) is 0 Å².